The molecule has 0 aromatic heterocycles. The van der Waals surface area contributed by atoms with E-state index in [0.717, 1.165) is 51.4 Å². The van der Waals surface area contributed by atoms with Gasteiger partial charge in [0, 0.05) is 0 Å². The molecule has 0 spiro atoms. The molecule has 4 heteroatoms. The topological polar surface area (TPSA) is 0 Å². The molecule has 0 bridgehead atoms. The van der Waals surface area contributed by atoms with Crippen molar-refractivity contribution >= 4 is 83.6 Å². The molecule has 0 saturated heterocycles. The average molecular weight is 823 g/mol. The van der Waals surface area contributed by atoms with Crippen molar-refractivity contribution in [2.45, 2.75) is 107 Å². The summed E-state index contributed by atoms with van der Waals surface area (Å²) in [4.78, 5) is 0. The van der Waals surface area contributed by atoms with Crippen LogP contribution in [0.1, 0.15) is 99.9 Å². The van der Waals surface area contributed by atoms with Gasteiger partial charge in [0.05, 0.1) is 0 Å². The maximum atomic E-state index is 2.22. The van der Waals surface area contributed by atoms with Crippen LogP contribution >= 0.6 is 0 Å². The number of hydrogen-bond donors (Lipinski definition) is 0. The predicted molar refractivity (Wildman–Crippen MR) is 202 cm³/mol. The van der Waals surface area contributed by atoms with Gasteiger partial charge in [-0.05, 0) is 0 Å². The third-order valence-corrected chi connectivity index (χ3v) is 13.4. The normalized spacial score (nSPS) is 10.1. The summed E-state index contributed by atoms with van der Waals surface area (Å²) in [6.07, 6.45) is 9.22. The molecule has 0 unspecified atom stereocenters. The summed E-state index contributed by atoms with van der Waals surface area (Å²) in [6, 6.07) is 26.4. The van der Waals surface area contributed by atoms with E-state index in [0.29, 0.717) is 0 Å². The quantitative estimate of drug-likeness (QED) is 0.180. The van der Waals surface area contributed by atoms with E-state index in [2.05, 4.69) is 194 Å². The SMILES string of the molecule is CCc1cccc(CC)[c]1[Ge].CCc1cccc(CC)[c]1[Ge].CCc1cccc(CC)[c]1[Ge].CCc1cccc(CC)[c]1[Ge]. The minimum atomic E-state index is 1.15. The van der Waals surface area contributed by atoms with Gasteiger partial charge in [-0.1, -0.05) is 0 Å². The molecular formula is C40H52Ge4. The van der Waals surface area contributed by atoms with E-state index >= 15 is 0 Å². The van der Waals surface area contributed by atoms with Gasteiger partial charge in [-0.3, -0.25) is 0 Å². The van der Waals surface area contributed by atoms with Gasteiger partial charge in [0.1, 0.15) is 0 Å². The molecule has 4 rings (SSSR count). The van der Waals surface area contributed by atoms with Gasteiger partial charge < -0.3 is 0 Å². The van der Waals surface area contributed by atoms with Crippen LogP contribution in [-0.4, -0.2) is 66.1 Å². The Morgan fingerprint density at radius 2 is 0.386 bits per heavy atom. The van der Waals surface area contributed by atoms with Crippen LogP contribution in [0.4, 0.5) is 0 Å². The fourth-order valence-corrected chi connectivity index (χ4v) is 9.34. The Labute approximate surface area is 305 Å². The standard InChI is InChI=1S/4C10H13Ge/c4*1-3-8-6-5-7-9(4-2)10(8)11/h4*5-7H,3-4H2,1-2H3. The molecule has 0 amide bonds. The van der Waals surface area contributed by atoms with Crippen LogP contribution in [0.15, 0.2) is 72.8 Å². The summed E-state index contributed by atoms with van der Waals surface area (Å²) in [7, 11) is 0. The van der Waals surface area contributed by atoms with Crippen LogP contribution in [0, 0.1) is 0 Å². The van der Waals surface area contributed by atoms with Crippen molar-refractivity contribution in [2.24, 2.45) is 0 Å². The molecule has 0 saturated carbocycles. The van der Waals surface area contributed by atoms with Crippen LogP contribution in [0.3, 0.4) is 0 Å². The van der Waals surface area contributed by atoms with Gasteiger partial charge in [0.2, 0.25) is 0 Å². The van der Waals surface area contributed by atoms with E-state index < -0.39 is 0 Å². The van der Waals surface area contributed by atoms with Gasteiger partial charge in [-0.25, -0.2) is 0 Å². The molecule has 4 aromatic carbocycles. The first-order valence-corrected chi connectivity index (χ1v) is 20.7. The van der Waals surface area contributed by atoms with Gasteiger partial charge in [-0.2, -0.15) is 0 Å². The number of aryl methyl sites for hydroxylation is 8. The second-order valence-corrected chi connectivity index (χ2v) is 14.8. The zero-order valence-electron chi connectivity index (χ0n) is 28.6. The van der Waals surface area contributed by atoms with Crippen molar-refractivity contribution in [3.63, 3.8) is 0 Å². The van der Waals surface area contributed by atoms with E-state index in [9.17, 15) is 0 Å². The second kappa shape index (κ2) is 23.4. The first-order chi connectivity index (χ1) is 21.2. The summed E-state index contributed by atoms with van der Waals surface area (Å²) in [5, 5.41) is 0. The van der Waals surface area contributed by atoms with E-state index in [4.69, 9.17) is 0 Å². The zero-order chi connectivity index (χ0) is 33.1. The Morgan fingerprint density at radius 3 is 0.477 bits per heavy atom. The molecule has 12 radical (unpaired) electrons. The van der Waals surface area contributed by atoms with E-state index in [-0.39, 0.29) is 0 Å². The molecule has 0 fully saturated rings. The van der Waals surface area contributed by atoms with Crippen molar-refractivity contribution < 1.29 is 0 Å². The first-order valence-electron chi connectivity index (χ1n) is 16.5. The van der Waals surface area contributed by atoms with Crippen LogP contribution < -0.4 is 17.6 Å². The third kappa shape index (κ3) is 13.0. The van der Waals surface area contributed by atoms with Gasteiger partial charge in [-0.15, -0.1) is 0 Å². The molecule has 4 aromatic rings. The van der Waals surface area contributed by atoms with Crippen LogP contribution in [0.5, 0.6) is 0 Å². The summed E-state index contributed by atoms with van der Waals surface area (Å²) in [5.41, 5.74) is 11.9. The van der Waals surface area contributed by atoms with Gasteiger partial charge in [0.15, 0.2) is 0 Å². The second-order valence-electron chi connectivity index (χ2n) is 10.6. The summed E-state index contributed by atoms with van der Waals surface area (Å²) in [5.74, 6) is 0. The molecule has 228 valence electrons. The fraction of sp³-hybridized carbons (Fsp3) is 0.400. The molecule has 44 heavy (non-hydrogen) atoms. The maximum absolute atomic E-state index is 2.22. The van der Waals surface area contributed by atoms with Gasteiger partial charge >= 0.3 is 308 Å². The van der Waals surface area contributed by atoms with Crippen LogP contribution in [0.25, 0.3) is 0 Å². The monoisotopic (exact) mass is 828 g/mol. The first kappa shape index (κ1) is 41.1. The summed E-state index contributed by atoms with van der Waals surface area (Å²) < 4.78 is 5.94. The summed E-state index contributed by atoms with van der Waals surface area (Å²) >= 11 is 8.88. The average Bonchev–Trinajstić information content (AvgIpc) is 3.06. The Kier molecular flexibility index (Phi) is 21.8. The minimum absolute atomic E-state index is 1.15. The van der Waals surface area contributed by atoms with Crippen molar-refractivity contribution in [2.75, 3.05) is 0 Å². The van der Waals surface area contributed by atoms with Crippen molar-refractivity contribution in [1.82, 2.24) is 0 Å². The van der Waals surface area contributed by atoms with Crippen LogP contribution in [-0.2, 0) is 51.4 Å². The predicted octanol–water partition coefficient (Wildman–Crippen LogP) is 6.42. The fourth-order valence-electron chi connectivity index (χ4n) is 4.97. The molecule has 0 atom stereocenters. The molecule has 0 N–H and O–H groups in total. The van der Waals surface area contributed by atoms with E-state index in [1.807, 2.05) is 0 Å². The van der Waals surface area contributed by atoms with Gasteiger partial charge in [0.25, 0.3) is 0 Å². The van der Waals surface area contributed by atoms with Crippen molar-refractivity contribution in [1.29, 1.82) is 0 Å². The third-order valence-electron chi connectivity index (χ3n) is 8.00. The number of benzene rings is 4. The van der Waals surface area contributed by atoms with E-state index in [1.54, 1.807) is 0 Å². The summed E-state index contributed by atoms with van der Waals surface area (Å²) in [6.45, 7) is 17.7. The van der Waals surface area contributed by atoms with E-state index in [1.165, 1.54) is 62.1 Å². The molecule has 0 heterocycles. The Morgan fingerprint density at radius 1 is 0.273 bits per heavy atom. The number of hydrogen-bond acceptors (Lipinski definition) is 0. The molecule has 0 aliphatic rings. The molecular weight excluding hydrogens is 771 g/mol. The van der Waals surface area contributed by atoms with Crippen molar-refractivity contribution in [3.8, 4) is 0 Å². The number of rotatable bonds is 8. The van der Waals surface area contributed by atoms with Crippen LogP contribution in [0.2, 0.25) is 0 Å². The van der Waals surface area contributed by atoms with Crippen molar-refractivity contribution in [3.05, 3.63) is 117 Å². The Hall–Kier alpha value is -0.949. The zero-order valence-corrected chi connectivity index (χ0v) is 37.0. The molecule has 0 aliphatic heterocycles. The Balaban J connectivity index is 0.000000293. The Bertz CT molecular complexity index is 1090. The molecule has 0 aliphatic carbocycles. The molecule has 0 nitrogen and oxygen atoms in total.